The van der Waals surface area contributed by atoms with Gasteiger partial charge in [-0.15, -0.1) is 0 Å². The SMILES string of the molecule is CCOC(=O)c1cc(N)cnc1N(CC)C1CC1. The number of rotatable bonds is 5. The van der Waals surface area contributed by atoms with E-state index in [1.807, 2.05) is 0 Å². The maximum Gasteiger partial charge on any atom is 0.341 e. The fraction of sp³-hybridized carbons (Fsp3) is 0.538. The Kier molecular flexibility index (Phi) is 3.69. The molecule has 1 fully saturated rings. The van der Waals surface area contributed by atoms with Crippen LogP contribution in [0.3, 0.4) is 0 Å². The van der Waals surface area contributed by atoms with Crippen LogP contribution in [-0.2, 0) is 4.74 Å². The first kappa shape index (κ1) is 12.7. The summed E-state index contributed by atoms with van der Waals surface area (Å²) in [6, 6.07) is 2.14. The summed E-state index contributed by atoms with van der Waals surface area (Å²) in [5, 5.41) is 0. The van der Waals surface area contributed by atoms with Crippen molar-refractivity contribution in [3.8, 4) is 0 Å². The molecule has 1 heterocycles. The van der Waals surface area contributed by atoms with E-state index < -0.39 is 0 Å². The molecule has 2 N–H and O–H groups in total. The average Bonchev–Trinajstić information content (AvgIpc) is 3.16. The number of pyridine rings is 1. The number of nitrogens with zero attached hydrogens (tertiary/aromatic N) is 2. The number of carbonyl (C=O) groups is 1. The molecule has 0 atom stereocenters. The number of hydrogen-bond acceptors (Lipinski definition) is 5. The lowest BCUT2D eigenvalue weighted by Gasteiger charge is -2.23. The molecule has 0 bridgehead atoms. The van der Waals surface area contributed by atoms with E-state index in [-0.39, 0.29) is 5.97 Å². The normalized spacial score (nSPS) is 14.3. The standard InChI is InChI=1S/C13H19N3O2/c1-3-16(10-5-6-10)12-11(13(17)18-4-2)7-9(14)8-15-12/h7-8,10H,3-6,14H2,1-2H3. The molecule has 0 saturated heterocycles. The van der Waals surface area contributed by atoms with Crippen LogP contribution in [0.2, 0.25) is 0 Å². The summed E-state index contributed by atoms with van der Waals surface area (Å²) in [5.41, 5.74) is 6.65. The Morgan fingerprint density at radius 1 is 1.56 bits per heavy atom. The predicted octanol–water partition coefficient (Wildman–Crippen LogP) is 1.83. The number of carbonyl (C=O) groups excluding carboxylic acids is 1. The minimum absolute atomic E-state index is 0.350. The zero-order chi connectivity index (χ0) is 13.1. The summed E-state index contributed by atoms with van der Waals surface area (Å²) in [4.78, 5) is 18.4. The average molecular weight is 249 g/mol. The third-order valence-corrected chi connectivity index (χ3v) is 2.98. The molecule has 0 aromatic carbocycles. The second-order valence-electron chi connectivity index (χ2n) is 4.38. The highest BCUT2D eigenvalue weighted by Crippen LogP contribution is 2.32. The van der Waals surface area contributed by atoms with Crippen LogP contribution >= 0.6 is 0 Å². The van der Waals surface area contributed by atoms with Crippen LogP contribution in [0.1, 0.15) is 37.0 Å². The van der Waals surface area contributed by atoms with Gasteiger partial charge in [-0.1, -0.05) is 0 Å². The predicted molar refractivity (Wildman–Crippen MR) is 70.6 cm³/mol. The fourth-order valence-electron chi connectivity index (χ4n) is 2.03. The lowest BCUT2D eigenvalue weighted by molar-refractivity contribution is 0.0526. The molecule has 1 aromatic rings. The highest BCUT2D eigenvalue weighted by atomic mass is 16.5. The van der Waals surface area contributed by atoms with E-state index in [0.29, 0.717) is 29.7 Å². The molecule has 1 aromatic heterocycles. The van der Waals surface area contributed by atoms with Crippen molar-refractivity contribution >= 4 is 17.5 Å². The molecular formula is C13H19N3O2. The van der Waals surface area contributed by atoms with Gasteiger partial charge in [0.2, 0.25) is 0 Å². The molecule has 0 spiro atoms. The van der Waals surface area contributed by atoms with Crippen molar-refractivity contribution in [1.29, 1.82) is 0 Å². The van der Waals surface area contributed by atoms with E-state index in [1.54, 1.807) is 19.2 Å². The van der Waals surface area contributed by atoms with Gasteiger partial charge >= 0.3 is 5.97 Å². The summed E-state index contributed by atoms with van der Waals surface area (Å²) in [7, 11) is 0. The van der Waals surface area contributed by atoms with Crippen LogP contribution in [0.25, 0.3) is 0 Å². The minimum Gasteiger partial charge on any atom is -0.462 e. The monoisotopic (exact) mass is 249 g/mol. The number of hydrogen-bond donors (Lipinski definition) is 1. The number of nitrogens with two attached hydrogens (primary N) is 1. The van der Waals surface area contributed by atoms with Gasteiger partial charge in [0.25, 0.3) is 0 Å². The van der Waals surface area contributed by atoms with E-state index in [9.17, 15) is 4.79 Å². The van der Waals surface area contributed by atoms with Crippen molar-refractivity contribution in [3.63, 3.8) is 0 Å². The van der Waals surface area contributed by atoms with E-state index in [4.69, 9.17) is 10.5 Å². The van der Waals surface area contributed by atoms with Gasteiger partial charge in [0.1, 0.15) is 11.4 Å². The largest absolute Gasteiger partial charge is 0.462 e. The Bertz CT molecular complexity index is 444. The molecule has 1 aliphatic carbocycles. The summed E-state index contributed by atoms with van der Waals surface area (Å²) < 4.78 is 5.06. The Morgan fingerprint density at radius 3 is 2.83 bits per heavy atom. The Morgan fingerprint density at radius 2 is 2.28 bits per heavy atom. The van der Waals surface area contributed by atoms with Crippen LogP contribution in [0.5, 0.6) is 0 Å². The molecule has 1 aliphatic rings. The third kappa shape index (κ3) is 2.55. The summed E-state index contributed by atoms with van der Waals surface area (Å²) in [6.07, 6.45) is 3.90. The summed E-state index contributed by atoms with van der Waals surface area (Å²) in [6.45, 7) is 5.03. The Balaban J connectivity index is 2.35. The second-order valence-corrected chi connectivity index (χ2v) is 4.38. The first-order chi connectivity index (χ1) is 8.67. The van der Waals surface area contributed by atoms with E-state index in [2.05, 4.69) is 16.8 Å². The Hall–Kier alpha value is -1.78. The molecule has 0 aliphatic heterocycles. The maximum atomic E-state index is 11.9. The lowest BCUT2D eigenvalue weighted by atomic mass is 10.2. The van der Waals surface area contributed by atoms with Gasteiger partial charge in [0, 0.05) is 12.6 Å². The van der Waals surface area contributed by atoms with Crippen molar-refractivity contribution in [3.05, 3.63) is 17.8 Å². The zero-order valence-corrected chi connectivity index (χ0v) is 10.8. The molecule has 5 heteroatoms. The van der Waals surface area contributed by atoms with Crippen LogP contribution < -0.4 is 10.6 Å². The molecule has 0 amide bonds. The smallest absolute Gasteiger partial charge is 0.341 e. The molecule has 98 valence electrons. The quantitative estimate of drug-likeness (QED) is 0.806. The number of anilines is 2. The zero-order valence-electron chi connectivity index (χ0n) is 10.8. The van der Waals surface area contributed by atoms with Gasteiger partial charge in [0.15, 0.2) is 0 Å². The maximum absolute atomic E-state index is 11.9. The molecule has 0 unspecified atom stereocenters. The van der Waals surface area contributed by atoms with E-state index in [1.165, 1.54) is 0 Å². The molecule has 5 nitrogen and oxygen atoms in total. The Labute approximate surface area is 107 Å². The highest BCUT2D eigenvalue weighted by molar-refractivity contribution is 5.95. The van der Waals surface area contributed by atoms with Gasteiger partial charge in [-0.2, -0.15) is 0 Å². The van der Waals surface area contributed by atoms with Crippen molar-refractivity contribution in [2.45, 2.75) is 32.7 Å². The first-order valence-corrected chi connectivity index (χ1v) is 6.36. The molecule has 18 heavy (non-hydrogen) atoms. The van der Waals surface area contributed by atoms with Crippen LogP contribution in [0.15, 0.2) is 12.3 Å². The summed E-state index contributed by atoms with van der Waals surface area (Å²) >= 11 is 0. The second kappa shape index (κ2) is 5.25. The third-order valence-electron chi connectivity index (χ3n) is 2.98. The fourth-order valence-corrected chi connectivity index (χ4v) is 2.03. The van der Waals surface area contributed by atoms with Crippen molar-refractivity contribution in [2.24, 2.45) is 0 Å². The topological polar surface area (TPSA) is 68.5 Å². The van der Waals surface area contributed by atoms with Crippen molar-refractivity contribution < 1.29 is 9.53 Å². The number of ether oxygens (including phenoxy) is 1. The summed E-state index contributed by atoms with van der Waals surface area (Å²) in [5.74, 6) is 0.332. The lowest BCUT2D eigenvalue weighted by Crippen LogP contribution is -2.28. The minimum atomic E-state index is -0.355. The van der Waals surface area contributed by atoms with E-state index in [0.717, 1.165) is 19.4 Å². The number of nitrogen functional groups attached to an aromatic ring is 1. The van der Waals surface area contributed by atoms with Crippen molar-refractivity contribution in [1.82, 2.24) is 4.98 Å². The van der Waals surface area contributed by atoms with Gasteiger partial charge < -0.3 is 15.4 Å². The number of esters is 1. The van der Waals surface area contributed by atoms with Gasteiger partial charge in [-0.3, -0.25) is 0 Å². The number of aromatic nitrogens is 1. The van der Waals surface area contributed by atoms with Gasteiger partial charge in [-0.25, -0.2) is 9.78 Å². The molecular weight excluding hydrogens is 230 g/mol. The van der Waals surface area contributed by atoms with Crippen LogP contribution in [-0.4, -0.2) is 30.1 Å². The molecule has 2 rings (SSSR count). The first-order valence-electron chi connectivity index (χ1n) is 6.36. The van der Waals surface area contributed by atoms with Crippen molar-refractivity contribution in [2.75, 3.05) is 23.8 Å². The van der Waals surface area contributed by atoms with E-state index >= 15 is 0 Å². The molecule has 0 radical (unpaired) electrons. The van der Waals surface area contributed by atoms with Gasteiger partial charge in [-0.05, 0) is 32.8 Å². The van der Waals surface area contributed by atoms with Crippen LogP contribution in [0, 0.1) is 0 Å². The highest BCUT2D eigenvalue weighted by Gasteiger charge is 2.31. The molecule has 1 saturated carbocycles. The van der Waals surface area contributed by atoms with Crippen LogP contribution in [0.4, 0.5) is 11.5 Å². The van der Waals surface area contributed by atoms with Gasteiger partial charge in [0.05, 0.1) is 18.5 Å².